The number of amides is 1. The summed E-state index contributed by atoms with van der Waals surface area (Å²) in [6.07, 6.45) is 7.76. The number of hydrogen-bond acceptors (Lipinski definition) is 3. The van der Waals surface area contributed by atoms with Gasteiger partial charge in [-0.25, -0.2) is 0 Å². The van der Waals surface area contributed by atoms with Gasteiger partial charge in [-0.1, -0.05) is 0 Å². The van der Waals surface area contributed by atoms with E-state index in [0.29, 0.717) is 24.5 Å². The summed E-state index contributed by atoms with van der Waals surface area (Å²) < 4.78 is 5.67. The molecule has 0 aromatic heterocycles. The van der Waals surface area contributed by atoms with Gasteiger partial charge in [0.25, 0.3) is 0 Å². The molecule has 2 aliphatic rings. The minimum absolute atomic E-state index is 0. The van der Waals surface area contributed by atoms with E-state index in [1.807, 2.05) is 11.9 Å². The van der Waals surface area contributed by atoms with Crippen LogP contribution in [0.1, 0.15) is 44.9 Å². The van der Waals surface area contributed by atoms with Gasteiger partial charge in [0.15, 0.2) is 0 Å². The lowest BCUT2D eigenvalue weighted by atomic mass is 10.0. The summed E-state index contributed by atoms with van der Waals surface area (Å²) in [5.74, 6) is 0.309. The fraction of sp³-hybridized carbons (Fsp3) is 0.929. The van der Waals surface area contributed by atoms with Crippen molar-refractivity contribution < 1.29 is 9.53 Å². The number of rotatable bonds is 4. The molecular weight excluding hydrogens is 264 g/mol. The Morgan fingerprint density at radius 2 is 2.16 bits per heavy atom. The summed E-state index contributed by atoms with van der Waals surface area (Å²) in [5.41, 5.74) is 0. The molecule has 2 fully saturated rings. The third kappa shape index (κ3) is 5.28. The molecule has 112 valence electrons. The van der Waals surface area contributed by atoms with Crippen LogP contribution in [0.15, 0.2) is 0 Å². The zero-order valence-corrected chi connectivity index (χ0v) is 12.7. The van der Waals surface area contributed by atoms with Crippen LogP contribution in [0.3, 0.4) is 0 Å². The Hall–Kier alpha value is -0.320. The molecule has 19 heavy (non-hydrogen) atoms. The van der Waals surface area contributed by atoms with Crippen LogP contribution in [0.4, 0.5) is 0 Å². The van der Waals surface area contributed by atoms with Crippen molar-refractivity contribution in [3.8, 4) is 0 Å². The molecule has 2 aliphatic heterocycles. The molecule has 0 saturated carbocycles. The van der Waals surface area contributed by atoms with Crippen molar-refractivity contribution in [1.29, 1.82) is 0 Å². The number of carbonyl (C=O) groups is 1. The van der Waals surface area contributed by atoms with Crippen LogP contribution >= 0.6 is 12.4 Å². The standard InChI is InChI=1S/C14H26N2O2.ClH/c1-15-12-5-4-9-16(11-12)14(17)8-7-13-6-2-3-10-18-13;/h12-13,15H,2-11H2,1H3;1H. The highest BCUT2D eigenvalue weighted by molar-refractivity contribution is 5.85. The van der Waals surface area contributed by atoms with E-state index in [2.05, 4.69) is 5.32 Å². The van der Waals surface area contributed by atoms with Crippen molar-refractivity contribution in [2.75, 3.05) is 26.7 Å². The molecule has 2 unspecified atom stereocenters. The zero-order chi connectivity index (χ0) is 12.8. The molecule has 4 nitrogen and oxygen atoms in total. The van der Waals surface area contributed by atoms with E-state index in [0.717, 1.165) is 39.0 Å². The summed E-state index contributed by atoms with van der Waals surface area (Å²) in [6.45, 7) is 2.69. The van der Waals surface area contributed by atoms with Gasteiger partial charge in [0.05, 0.1) is 6.10 Å². The average Bonchev–Trinajstić information content (AvgIpc) is 2.46. The number of nitrogens with zero attached hydrogens (tertiary/aromatic N) is 1. The SMILES string of the molecule is CNC1CCCN(C(=O)CCC2CCCCO2)C1.Cl. The predicted octanol–water partition coefficient (Wildman–Crippen LogP) is 1.97. The van der Waals surface area contributed by atoms with E-state index in [4.69, 9.17) is 4.74 Å². The quantitative estimate of drug-likeness (QED) is 0.861. The average molecular weight is 291 g/mol. The Bertz CT molecular complexity index is 270. The summed E-state index contributed by atoms with van der Waals surface area (Å²) in [4.78, 5) is 14.2. The maximum atomic E-state index is 12.1. The summed E-state index contributed by atoms with van der Waals surface area (Å²) in [6, 6.07) is 0.480. The van der Waals surface area contributed by atoms with Crippen molar-refractivity contribution in [3.05, 3.63) is 0 Å². The Balaban J connectivity index is 0.00000180. The lowest BCUT2D eigenvalue weighted by Crippen LogP contribution is -2.47. The number of nitrogens with one attached hydrogen (secondary N) is 1. The summed E-state index contributed by atoms with van der Waals surface area (Å²) >= 11 is 0. The van der Waals surface area contributed by atoms with Crippen molar-refractivity contribution >= 4 is 18.3 Å². The van der Waals surface area contributed by atoms with Crippen LogP contribution in [0.25, 0.3) is 0 Å². The lowest BCUT2D eigenvalue weighted by Gasteiger charge is -2.33. The Morgan fingerprint density at radius 1 is 1.32 bits per heavy atom. The molecule has 0 spiro atoms. The van der Waals surface area contributed by atoms with E-state index >= 15 is 0 Å². The van der Waals surface area contributed by atoms with Crippen LogP contribution < -0.4 is 5.32 Å². The zero-order valence-electron chi connectivity index (χ0n) is 11.9. The highest BCUT2D eigenvalue weighted by Gasteiger charge is 2.23. The molecule has 1 amide bonds. The maximum absolute atomic E-state index is 12.1. The predicted molar refractivity (Wildman–Crippen MR) is 78.7 cm³/mol. The second-order valence-electron chi connectivity index (χ2n) is 5.49. The van der Waals surface area contributed by atoms with Gasteiger partial charge in [-0.15, -0.1) is 12.4 Å². The largest absolute Gasteiger partial charge is 0.378 e. The van der Waals surface area contributed by atoms with Crippen LogP contribution in [0, 0.1) is 0 Å². The molecule has 0 bridgehead atoms. The van der Waals surface area contributed by atoms with E-state index < -0.39 is 0 Å². The monoisotopic (exact) mass is 290 g/mol. The number of likely N-dealkylation sites (tertiary alicyclic amines) is 1. The Kier molecular flexibility index (Phi) is 7.73. The number of likely N-dealkylation sites (N-methyl/N-ethyl adjacent to an activating group) is 1. The molecule has 0 aliphatic carbocycles. The molecule has 2 saturated heterocycles. The van der Waals surface area contributed by atoms with Gasteiger partial charge >= 0.3 is 0 Å². The normalized spacial score (nSPS) is 27.7. The molecule has 2 atom stereocenters. The third-order valence-electron chi connectivity index (χ3n) is 4.14. The van der Waals surface area contributed by atoms with Gasteiger partial charge in [-0.2, -0.15) is 0 Å². The second kappa shape index (κ2) is 8.77. The van der Waals surface area contributed by atoms with Crippen molar-refractivity contribution in [2.24, 2.45) is 0 Å². The van der Waals surface area contributed by atoms with Crippen molar-refractivity contribution in [3.63, 3.8) is 0 Å². The molecule has 2 heterocycles. The summed E-state index contributed by atoms with van der Waals surface area (Å²) in [5, 5.41) is 3.28. The number of hydrogen-bond donors (Lipinski definition) is 1. The summed E-state index contributed by atoms with van der Waals surface area (Å²) in [7, 11) is 1.98. The molecule has 0 aromatic carbocycles. The highest BCUT2D eigenvalue weighted by Crippen LogP contribution is 2.18. The second-order valence-corrected chi connectivity index (χ2v) is 5.49. The van der Waals surface area contributed by atoms with Crippen LogP contribution in [-0.2, 0) is 9.53 Å². The molecular formula is C14H27ClN2O2. The van der Waals surface area contributed by atoms with Crippen LogP contribution in [0.2, 0.25) is 0 Å². The van der Waals surface area contributed by atoms with Gasteiger partial charge in [0.2, 0.25) is 5.91 Å². The lowest BCUT2D eigenvalue weighted by molar-refractivity contribution is -0.133. The highest BCUT2D eigenvalue weighted by atomic mass is 35.5. The molecule has 5 heteroatoms. The number of ether oxygens (including phenoxy) is 1. The van der Waals surface area contributed by atoms with E-state index in [1.165, 1.54) is 19.3 Å². The third-order valence-corrected chi connectivity index (χ3v) is 4.14. The molecule has 0 radical (unpaired) electrons. The first kappa shape index (κ1) is 16.7. The first-order valence-electron chi connectivity index (χ1n) is 7.36. The fourth-order valence-corrected chi connectivity index (χ4v) is 2.92. The van der Waals surface area contributed by atoms with Gasteiger partial charge in [0.1, 0.15) is 0 Å². The van der Waals surface area contributed by atoms with E-state index in [1.54, 1.807) is 0 Å². The first-order chi connectivity index (χ1) is 8.79. The van der Waals surface area contributed by atoms with Gasteiger partial charge in [0, 0.05) is 32.2 Å². The minimum Gasteiger partial charge on any atom is -0.378 e. The van der Waals surface area contributed by atoms with Crippen LogP contribution in [-0.4, -0.2) is 49.7 Å². The molecule has 0 aromatic rings. The topological polar surface area (TPSA) is 41.6 Å². The Morgan fingerprint density at radius 3 is 2.84 bits per heavy atom. The van der Waals surface area contributed by atoms with Crippen LogP contribution in [0.5, 0.6) is 0 Å². The molecule has 2 rings (SSSR count). The maximum Gasteiger partial charge on any atom is 0.222 e. The van der Waals surface area contributed by atoms with Gasteiger partial charge < -0.3 is 15.0 Å². The van der Waals surface area contributed by atoms with Crippen molar-refractivity contribution in [2.45, 2.75) is 57.1 Å². The number of carbonyl (C=O) groups excluding carboxylic acids is 1. The Labute approximate surface area is 122 Å². The van der Waals surface area contributed by atoms with Gasteiger partial charge in [-0.3, -0.25) is 4.79 Å². The first-order valence-corrected chi connectivity index (χ1v) is 7.36. The van der Waals surface area contributed by atoms with Crippen molar-refractivity contribution in [1.82, 2.24) is 10.2 Å². The minimum atomic E-state index is 0. The number of halogens is 1. The van der Waals surface area contributed by atoms with Gasteiger partial charge in [-0.05, 0) is 45.6 Å². The van der Waals surface area contributed by atoms with E-state index in [9.17, 15) is 4.79 Å². The smallest absolute Gasteiger partial charge is 0.222 e. The fourth-order valence-electron chi connectivity index (χ4n) is 2.92. The number of piperidine rings is 1. The molecule has 1 N–H and O–H groups in total. The van der Waals surface area contributed by atoms with E-state index in [-0.39, 0.29) is 12.4 Å².